The molecule has 0 saturated heterocycles. The van der Waals surface area contributed by atoms with E-state index in [1.54, 1.807) is 17.5 Å². The molecule has 7 aromatic rings. The smallest absolute Gasteiger partial charge is 0.122 e. The maximum absolute atomic E-state index is 6.19. The molecule has 0 saturated carbocycles. The Bertz CT molecular complexity index is 1900. The van der Waals surface area contributed by atoms with E-state index in [0.29, 0.717) is 0 Å². The zero-order chi connectivity index (χ0) is 26.2. The number of nitrogens with zero attached hydrogens (tertiary/aromatic N) is 2. The van der Waals surface area contributed by atoms with Crippen LogP contribution in [-0.2, 0) is 20.1 Å². The zero-order valence-corrected chi connectivity index (χ0v) is 25.3. The predicted molar refractivity (Wildman–Crippen MR) is 159 cm³/mol. The first kappa shape index (κ1) is 27.0. The number of aromatic nitrogens is 2. The summed E-state index contributed by atoms with van der Waals surface area (Å²) in [6.07, 6.45) is 3.71. The molecule has 4 aromatic heterocycles. The average Bonchev–Trinajstić information content (AvgIpc) is 3.48. The third kappa shape index (κ3) is 5.44. The summed E-state index contributed by atoms with van der Waals surface area (Å²) >= 11 is 1.80. The van der Waals surface area contributed by atoms with Gasteiger partial charge in [0.05, 0.1) is 5.58 Å². The van der Waals surface area contributed by atoms with Crippen LogP contribution >= 0.6 is 11.3 Å². The quantitative estimate of drug-likeness (QED) is 0.169. The predicted octanol–water partition coefficient (Wildman–Crippen LogP) is 9.44. The van der Waals surface area contributed by atoms with Crippen molar-refractivity contribution in [2.75, 3.05) is 0 Å². The number of benzene rings is 3. The number of rotatable bonds is 2. The Morgan fingerprint density at radius 1 is 0.795 bits per heavy atom. The van der Waals surface area contributed by atoms with E-state index in [0.717, 1.165) is 44.5 Å². The molecule has 39 heavy (non-hydrogen) atoms. The first-order valence-electron chi connectivity index (χ1n) is 12.6. The molecule has 195 valence electrons. The third-order valence-electron chi connectivity index (χ3n) is 6.73. The summed E-state index contributed by atoms with van der Waals surface area (Å²) in [5.41, 5.74) is 9.36. The third-order valence-corrected chi connectivity index (χ3v) is 7.74. The van der Waals surface area contributed by atoms with Crippen molar-refractivity contribution in [1.29, 1.82) is 0 Å². The summed E-state index contributed by atoms with van der Waals surface area (Å²) in [6, 6.07) is 31.3. The van der Waals surface area contributed by atoms with Crippen molar-refractivity contribution in [2.45, 2.75) is 27.7 Å². The number of thiophene rings is 1. The molecule has 1 radical (unpaired) electrons. The van der Waals surface area contributed by atoms with E-state index in [1.807, 2.05) is 36.5 Å². The number of aryl methyl sites for hydroxylation is 4. The van der Waals surface area contributed by atoms with Crippen LogP contribution in [0.1, 0.15) is 21.6 Å². The van der Waals surface area contributed by atoms with Gasteiger partial charge in [-0.2, -0.15) is 0 Å². The maximum Gasteiger partial charge on any atom is 0.122 e. The maximum atomic E-state index is 6.19. The monoisotopic (exact) mass is 703 g/mol. The Morgan fingerprint density at radius 2 is 1.67 bits per heavy atom. The zero-order valence-electron chi connectivity index (χ0n) is 22.1. The van der Waals surface area contributed by atoms with E-state index in [4.69, 9.17) is 4.42 Å². The largest absolute Gasteiger partial charge is 0.501 e. The van der Waals surface area contributed by atoms with Crippen molar-refractivity contribution in [1.82, 2.24) is 9.97 Å². The normalized spacial score (nSPS) is 10.9. The van der Waals surface area contributed by atoms with Gasteiger partial charge in [0.15, 0.2) is 0 Å². The fraction of sp³-hybridized carbons (Fsp3) is 0.118. The van der Waals surface area contributed by atoms with Gasteiger partial charge in [-0.1, -0.05) is 41.6 Å². The van der Waals surface area contributed by atoms with Crippen LogP contribution in [-0.4, -0.2) is 9.97 Å². The first-order valence-corrected chi connectivity index (χ1v) is 13.4. The fourth-order valence-corrected chi connectivity index (χ4v) is 5.48. The van der Waals surface area contributed by atoms with Crippen molar-refractivity contribution < 1.29 is 24.5 Å². The first-order chi connectivity index (χ1) is 18.5. The van der Waals surface area contributed by atoms with Crippen LogP contribution in [0, 0.1) is 39.8 Å². The second kappa shape index (κ2) is 11.2. The van der Waals surface area contributed by atoms with Gasteiger partial charge in [0, 0.05) is 47.5 Å². The van der Waals surface area contributed by atoms with E-state index in [-0.39, 0.29) is 20.1 Å². The molecule has 0 aliphatic heterocycles. The molecule has 0 atom stereocenters. The van der Waals surface area contributed by atoms with Gasteiger partial charge in [-0.3, -0.25) is 0 Å². The van der Waals surface area contributed by atoms with Crippen molar-refractivity contribution in [3.05, 3.63) is 119 Å². The van der Waals surface area contributed by atoms with E-state index in [2.05, 4.69) is 92.3 Å². The Hall–Kier alpha value is -3.63. The molecule has 0 N–H and O–H groups in total. The van der Waals surface area contributed by atoms with Crippen LogP contribution in [0.3, 0.4) is 0 Å². The van der Waals surface area contributed by atoms with Gasteiger partial charge in [0.2, 0.25) is 0 Å². The number of hydrogen-bond donors (Lipinski definition) is 0. The van der Waals surface area contributed by atoms with Gasteiger partial charge in [-0.15, -0.1) is 64.9 Å². The van der Waals surface area contributed by atoms with Crippen molar-refractivity contribution >= 4 is 43.4 Å². The van der Waals surface area contributed by atoms with Gasteiger partial charge >= 0.3 is 0 Å². The minimum Gasteiger partial charge on any atom is -0.501 e. The molecule has 0 bridgehead atoms. The number of furan rings is 1. The second-order valence-electron chi connectivity index (χ2n) is 9.59. The van der Waals surface area contributed by atoms with Crippen molar-refractivity contribution in [3.63, 3.8) is 0 Å². The minimum atomic E-state index is 0. The van der Waals surface area contributed by atoms with Gasteiger partial charge in [0.1, 0.15) is 5.58 Å². The van der Waals surface area contributed by atoms with E-state index in [1.165, 1.54) is 31.7 Å². The van der Waals surface area contributed by atoms with Gasteiger partial charge < -0.3 is 14.4 Å². The molecule has 3 nitrogen and oxygen atoms in total. The van der Waals surface area contributed by atoms with Crippen LogP contribution in [0.25, 0.3) is 54.5 Å². The average molecular weight is 703 g/mol. The molecule has 3 aromatic carbocycles. The summed E-state index contributed by atoms with van der Waals surface area (Å²) in [5, 5.41) is 3.54. The van der Waals surface area contributed by atoms with E-state index in [9.17, 15) is 0 Å². The van der Waals surface area contributed by atoms with Gasteiger partial charge in [-0.25, -0.2) is 0 Å². The summed E-state index contributed by atoms with van der Waals surface area (Å²) < 4.78 is 7.45. The molecule has 4 heterocycles. The summed E-state index contributed by atoms with van der Waals surface area (Å²) in [5.74, 6) is 0. The Balaban J connectivity index is 0.000000169. The molecule has 0 aliphatic rings. The van der Waals surface area contributed by atoms with Gasteiger partial charge in [0.25, 0.3) is 0 Å². The summed E-state index contributed by atoms with van der Waals surface area (Å²) in [6.45, 7) is 8.38. The van der Waals surface area contributed by atoms with Gasteiger partial charge in [-0.05, 0) is 67.4 Å². The number of hydrogen-bond acceptors (Lipinski definition) is 4. The van der Waals surface area contributed by atoms with Crippen LogP contribution in [0.2, 0.25) is 0 Å². The molecule has 7 rings (SSSR count). The Morgan fingerprint density at radius 3 is 2.41 bits per heavy atom. The molecule has 0 amide bonds. The summed E-state index contributed by atoms with van der Waals surface area (Å²) in [7, 11) is 0. The number of pyridine rings is 2. The molecule has 0 spiro atoms. The molecular weight excluding hydrogens is 677 g/mol. The molecule has 0 fully saturated rings. The SMILES string of the molecule is Cc1c[c-]c(-c2cc(C)c(C)cn2)cc1.Cc1cc2cc3c(cc2s1)oc1c(-c2ccccn2)[c-]ccc13.[Ir]. The Labute approximate surface area is 245 Å². The van der Waals surface area contributed by atoms with Crippen LogP contribution in [0.5, 0.6) is 0 Å². The van der Waals surface area contributed by atoms with Crippen LogP contribution in [0.15, 0.2) is 89.6 Å². The topological polar surface area (TPSA) is 38.9 Å². The van der Waals surface area contributed by atoms with E-state index >= 15 is 0 Å². The van der Waals surface area contributed by atoms with E-state index < -0.39 is 0 Å². The summed E-state index contributed by atoms with van der Waals surface area (Å²) in [4.78, 5) is 10.2. The van der Waals surface area contributed by atoms with Crippen LogP contribution in [0.4, 0.5) is 0 Å². The molecule has 0 aliphatic carbocycles. The van der Waals surface area contributed by atoms with Crippen molar-refractivity contribution in [2.24, 2.45) is 0 Å². The molecule has 5 heteroatoms. The minimum absolute atomic E-state index is 0. The van der Waals surface area contributed by atoms with Crippen molar-refractivity contribution in [3.8, 4) is 22.5 Å². The number of fused-ring (bicyclic) bond motifs is 4. The fourth-order valence-electron chi connectivity index (χ4n) is 4.54. The Kier molecular flexibility index (Phi) is 7.76. The molecule has 0 unspecified atom stereocenters. The second-order valence-corrected chi connectivity index (χ2v) is 10.9. The van der Waals surface area contributed by atoms with Crippen LogP contribution < -0.4 is 0 Å². The standard InChI is InChI=1S/C20H12NOS.C14H14N.Ir/c1-12-9-13-10-16-14-5-4-6-15(17-7-2-3-8-21-17)20(14)22-18(16)11-19(13)23-12;1-10-4-6-13(7-5-10)14-8-11(2)12(3)9-15-14;/h2-5,7-11H,1H3;4-6,8-9H,1-3H3;/q2*-1;. The molecular formula is C34H26IrN2OS-2.